The Morgan fingerprint density at radius 2 is 1.88 bits per heavy atom. The molecule has 348 valence electrons. The average Bonchev–Trinajstić information content (AvgIpc) is 3.95. The molecule has 0 unspecified atom stereocenters. The molecule has 15 heteroatoms. The molecule has 4 aromatic rings. The van der Waals surface area contributed by atoms with E-state index in [2.05, 4.69) is 58.9 Å². The number of piperidine rings is 2. The highest BCUT2D eigenvalue weighted by Gasteiger charge is 2.62. The Kier molecular flexibility index (Phi) is 12.4. The van der Waals surface area contributed by atoms with Crippen molar-refractivity contribution in [3.63, 3.8) is 0 Å². The SMILES string of the molecule is COc1cc(C(=O)N2CCC[C@@H](CC#Cc3cccc4c3CN([C@@H]3CCC(=O)NC3=O)C4=O)C2)ccc1NC(=O)[C@@H]1N[C@@H](CC(C)(C)C)[C@@]2(CNc3cc(C)ncc32)[C@H]1c1cccc(Cl)c1F. The molecule has 6 heterocycles. The summed E-state index contributed by atoms with van der Waals surface area (Å²) in [6, 6.07) is 15.5. The van der Waals surface area contributed by atoms with E-state index in [9.17, 15) is 24.0 Å². The number of pyridine rings is 1. The highest BCUT2D eigenvalue weighted by molar-refractivity contribution is 6.30. The van der Waals surface area contributed by atoms with Crippen molar-refractivity contribution >= 4 is 52.5 Å². The maximum Gasteiger partial charge on any atom is 0.255 e. The van der Waals surface area contributed by atoms with Crippen molar-refractivity contribution in [2.24, 2.45) is 11.3 Å². The standard InChI is InChI=1S/C52H55ClFN7O6/c1-29-22-39-36(25-55-29)52(28-56-39)42(24-51(2,3)4)58-46(44(52)34-15-8-16-37(53)45(34)54)48(64)57-38-18-17-32(23-41(38)67-5)49(65)60-21-9-11-30(26-60)10-6-12-31-13-7-14-33-35(31)27-61(50(33)66)40-19-20-43(62)59-47(40)63/h7-8,13-18,22-23,25,30,40,42,44,46,56,58H,9-11,19-21,24,26-28H2,1-5H3,(H,57,64)(H,59,62,63)/t30-,40-,42+,44+,46-,52+/m1/s1. The van der Waals surface area contributed by atoms with E-state index in [-0.39, 0.29) is 65.4 Å². The summed E-state index contributed by atoms with van der Waals surface area (Å²) in [6.07, 6.45) is 5.24. The Bertz CT molecular complexity index is 2760. The quantitative estimate of drug-likeness (QED) is 0.107. The molecular formula is C52H55ClFN7O6. The number of imide groups is 1. The summed E-state index contributed by atoms with van der Waals surface area (Å²) >= 11 is 6.45. The highest BCUT2D eigenvalue weighted by Crippen LogP contribution is 2.56. The summed E-state index contributed by atoms with van der Waals surface area (Å²) in [4.78, 5) is 74.5. The van der Waals surface area contributed by atoms with Crippen molar-refractivity contribution in [1.29, 1.82) is 0 Å². The zero-order chi connectivity index (χ0) is 47.4. The molecule has 5 amide bonds. The maximum atomic E-state index is 16.3. The van der Waals surface area contributed by atoms with Crippen LogP contribution in [0.2, 0.25) is 5.02 Å². The first-order chi connectivity index (χ1) is 32.1. The van der Waals surface area contributed by atoms with Crippen LogP contribution < -0.4 is 26.0 Å². The number of nitrogens with zero attached hydrogens (tertiary/aromatic N) is 3. The van der Waals surface area contributed by atoms with Gasteiger partial charge in [-0.25, -0.2) is 4.39 Å². The van der Waals surface area contributed by atoms with Crippen molar-refractivity contribution in [3.05, 3.63) is 117 Å². The van der Waals surface area contributed by atoms with Gasteiger partial charge in [-0.15, -0.1) is 0 Å². The first-order valence-electron chi connectivity index (χ1n) is 23.0. The fourth-order valence-corrected chi connectivity index (χ4v) is 11.2. The minimum absolute atomic E-state index is 0.0235. The van der Waals surface area contributed by atoms with E-state index in [1.54, 1.807) is 42.5 Å². The number of aromatic nitrogens is 1. The molecule has 0 radical (unpaired) electrons. The Morgan fingerprint density at radius 3 is 2.66 bits per heavy atom. The van der Waals surface area contributed by atoms with Crippen molar-refractivity contribution in [1.82, 2.24) is 25.4 Å². The van der Waals surface area contributed by atoms with E-state index < -0.39 is 35.1 Å². The molecule has 4 N–H and O–H groups in total. The molecule has 3 saturated heterocycles. The molecule has 1 spiro atoms. The van der Waals surface area contributed by atoms with E-state index >= 15 is 4.39 Å². The zero-order valence-electron chi connectivity index (χ0n) is 38.4. The molecule has 9 rings (SSSR count). The number of aryl methyl sites for hydroxylation is 1. The zero-order valence-corrected chi connectivity index (χ0v) is 39.1. The summed E-state index contributed by atoms with van der Waals surface area (Å²) in [5, 5.41) is 12.7. The lowest BCUT2D eigenvalue weighted by molar-refractivity contribution is -0.137. The number of likely N-dealkylation sites (tertiary alicyclic amines) is 1. The second-order valence-electron chi connectivity index (χ2n) is 19.7. The number of halogens is 2. The fraction of sp³-hybridized carbons (Fsp3) is 0.423. The van der Waals surface area contributed by atoms with Crippen LogP contribution in [-0.2, 0) is 26.3 Å². The lowest BCUT2D eigenvalue weighted by Crippen LogP contribution is -2.52. The van der Waals surface area contributed by atoms with Crippen molar-refractivity contribution < 1.29 is 33.1 Å². The lowest BCUT2D eigenvalue weighted by Gasteiger charge is -2.39. The number of anilines is 2. The number of carbonyl (C=O) groups excluding carboxylic acids is 5. The Hall–Kier alpha value is -6.30. The number of fused-ring (bicyclic) bond motifs is 3. The molecule has 0 aliphatic carbocycles. The van der Waals surface area contributed by atoms with Crippen LogP contribution in [0.15, 0.2) is 66.9 Å². The molecule has 3 fully saturated rings. The van der Waals surface area contributed by atoms with Gasteiger partial charge < -0.3 is 30.5 Å². The van der Waals surface area contributed by atoms with Crippen LogP contribution in [0, 0.1) is 35.9 Å². The number of ether oxygens (including phenoxy) is 1. The molecule has 5 aliphatic rings. The Morgan fingerprint density at radius 1 is 1.07 bits per heavy atom. The number of amides is 5. The van der Waals surface area contributed by atoms with E-state index in [0.717, 1.165) is 40.9 Å². The fourth-order valence-electron chi connectivity index (χ4n) is 11.0. The van der Waals surface area contributed by atoms with Crippen LogP contribution in [0.5, 0.6) is 5.75 Å². The first-order valence-corrected chi connectivity index (χ1v) is 23.4. The lowest BCUT2D eigenvalue weighted by atomic mass is 9.63. The van der Waals surface area contributed by atoms with Gasteiger partial charge in [-0.05, 0) is 97.5 Å². The number of nitrogens with one attached hydrogen (secondary N) is 4. The van der Waals surface area contributed by atoms with Gasteiger partial charge >= 0.3 is 0 Å². The third-order valence-electron chi connectivity index (χ3n) is 14.1. The van der Waals surface area contributed by atoms with E-state index in [4.69, 9.17) is 16.3 Å². The predicted molar refractivity (Wildman–Crippen MR) is 252 cm³/mol. The third kappa shape index (κ3) is 8.64. The summed E-state index contributed by atoms with van der Waals surface area (Å²) in [7, 11) is 1.49. The van der Waals surface area contributed by atoms with Crippen LogP contribution in [-0.4, -0.2) is 89.2 Å². The monoisotopic (exact) mass is 927 g/mol. The van der Waals surface area contributed by atoms with Crippen LogP contribution >= 0.6 is 11.6 Å². The van der Waals surface area contributed by atoms with Gasteiger partial charge in [0.2, 0.25) is 17.7 Å². The summed E-state index contributed by atoms with van der Waals surface area (Å²) in [6.45, 7) is 10.2. The second-order valence-corrected chi connectivity index (χ2v) is 20.2. The molecule has 6 atom stereocenters. The van der Waals surface area contributed by atoms with Crippen molar-refractivity contribution in [3.8, 4) is 17.6 Å². The number of hydrogen-bond acceptors (Lipinski definition) is 9. The van der Waals surface area contributed by atoms with Crippen LogP contribution in [0.25, 0.3) is 0 Å². The topological polar surface area (TPSA) is 162 Å². The van der Waals surface area contributed by atoms with E-state index in [1.165, 1.54) is 18.1 Å². The van der Waals surface area contributed by atoms with Crippen LogP contribution in [0.4, 0.5) is 15.8 Å². The number of rotatable bonds is 8. The Labute approximate surface area is 394 Å². The largest absolute Gasteiger partial charge is 0.495 e. The smallest absolute Gasteiger partial charge is 0.255 e. The maximum absolute atomic E-state index is 16.3. The van der Waals surface area contributed by atoms with E-state index in [1.807, 2.05) is 30.2 Å². The van der Waals surface area contributed by atoms with Crippen molar-refractivity contribution in [2.75, 3.05) is 37.4 Å². The van der Waals surface area contributed by atoms with Gasteiger partial charge in [0.15, 0.2) is 0 Å². The number of carbonyl (C=O) groups is 5. The number of methoxy groups -OCH3 is 1. The van der Waals surface area contributed by atoms with Gasteiger partial charge in [-0.1, -0.05) is 62.4 Å². The third-order valence-corrected chi connectivity index (χ3v) is 14.4. The second kappa shape index (κ2) is 18.1. The number of hydrogen-bond donors (Lipinski definition) is 4. The Balaban J connectivity index is 0.911. The molecular weight excluding hydrogens is 873 g/mol. The molecule has 5 aliphatic heterocycles. The van der Waals surface area contributed by atoms with Gasteiger partial charge in [-0.3, -0.25) is 34.3 Å². The summed E-state index contributed by atoms with van der Waals surface area (Å²) < 4.78 is 22.1. The average molecular weight is 929 g/mol. The van der Waals surface area contributed by atoms with Crippen LogP contribution in [0.3, 0.4) is 0 Å². The normalized spacial score (nSPS) is 24.4. The molecule has 13 nitrogen and oxygen atoms in total. The van der Waals surface area contributed by atoms with E-state index in [0.29, 0.717) is 60.6 Å². The van der Waals surface area contributed by atoms with Gasteiger partial charge in [0, 0.05) is 96.2 Å². The molecule has 3 aromatic carbocycles. The summed E-state index contributed by atoms with van der Waals surface area (Å²) in [5.41, 5.74) is 4.87. The van der Waals surface area contributed by atoms with Crippen molar-refractivity contribution in [2.45, 2.75) is 102 Å². The number of benzene rings is 3. The minimum atomic E-state index is -0.897. The first kappa shape index (κ1) is 45.8. The van der Waals surface area contributed by atoms with Gasteiger partial charge in [-0.2, -0.15) is 0 Å². The predicted octanol–water partition coefficient (Wildman–Crippen LogP) is 7.11. The van der Waals surface area contributed by atoms with Gasteiger partial charge in [0.1, 0.15) is 17.6 Å². The molecule has 67 heavy (non-hydrogen) atoms. The van der Waals surface area contributed by atoms with Gasteiger partial charge in [0.05, 0.1) is 23.9 Å². The molecule has 0 bridgehead atoms. The minimum Gasteiger partial charge on any atom is -0.495 e. The molecule has 0 saturated carbocycles. The molecule has 1 aromatic heterocycles. The van der Waals surface area contributed by atoms with Gasteiger partial charge in [0.25, 0.3) is 11.8 Å². The highest BCUT2D eigenvalue weighted by atomic mass is 35.5. The summed E-state index contributed by atoms with van der Waals surface area (Å²) in [5.74, 6) is 4.16. The van der Waals surface area contributed by atoms with Crippen LogP contribution in [0.1, 0.15) is 114 Å².